The van der Waals surface area contributed by atoms with Gasteiger partial charge in [0.15, 0.2) is 0 Å². The van der Waals surface area contributed by atoms with Gasteiger partial charge in [-0.25, -0.2) is 8.42 Å². The van der Waals surface area contributed by atoms with Gasteiger partial charge < -0.3 is 10.2 Å². The molecule has 0 aromatic heterocycles. The van der Waals surface area contributed by atoms with E-state index in [0.717, 1.165) is 38.1 Å². The molecule has 7 nitrogen and oxygen atoms in total. The number of nitrogens with one attached hydrogen (secondary N) is 1. The lowest BCUT2D eigenvalue weighted by Crippen LogP contribution is -2.52. The van der Waals surface area contributed by atoms with Gasteiger partial charge in [-0.3, -0.25) is 13.9 Å². The Morgan fingerprint density at radius 3 is 2.09 bits per heavy atom. The highest BCUT2D eigenvalue weighted by atomic mass is 79.9. The predicted octanol–water partition coefficient (Wildman–Crippen LogP) is 4.16. The summed E-state index contributed by atoms with van der Waals surface area (Å²) in [6, 6.07) is 12.1. The highest BCUT2D eigenvalue weighted by molar-refractivity contribution is 9.10. The summed E-state index contributed by atoms with van der Waals surface area (Å²) in [5, 5.41) is 2.92. The van der Waals surface area contributed by atoms with Crippen LogP contribution in [0.2, 0.25) is 0 Å². The van der Waals surface area contributed by atoms with Crippen LogP contribution in [0, 0.1) is 13.8 Å². The zero-order chi connectivity index (χ0) is 25.6. The minimum absolute atomic E-state index is 0.0401. The molecule has 0 aliphatic carbocycles. The first-order valence-electron chi connectivity index (χ1n) is 11.2. The van der Waals surface area contributed by atoms with Gasteiger partial charge in [-0.1, -0.05) is 53.2 Å². The first-order chi connectivity index (χ1) is 15.8. The maximum atomic E-state index is 13.6. The van der Waals surface area contributed by atoms with Gasteiger partial charge in [-0.15, -0.1) is 0 Å². The second kappa shape index (κ2) is 11.8. The van der Waals surface area contributed by atoms with Gasteiger partial charge in [0.05, 0.1) is 11.9 Å². The number of nitrogens with zero attached hydrogens (tertiary/aromatic N) is 2. The molecule has 2 atom stereocenters. The number of para-hydroxylation sites is 1. The maximum absolute atomic E-state index is 13.6. The zero-order valence-electron chi connectivity index (χ0n) is 20.6. The fourth-order valence-corrected chi connectivity index (χ4v) is 4.84. The van der Waals surface area contributed by atoms with Crippen molar-refractivity contribution in [3.63, 3.8) is 0 Å². The Kier molecular flexibility index (Phi) is 9.70. The number of aryl methyl sites for hydroxylation is 2. The molecule has 0 aliphatic rings. The summed E-state index contributed by atoms with van der Waals surface area (Å²) in [4.78, 5) is 28.0. The number of hydrogen-bond donors (Lipinski definition) is 1. The van der Waals surface area contributed by atoms with Crippen molar-refractivity contribution in [3.05, 3.63) is 63.6 Å². The van der Waals surface area contributed by atoms with Gasteiger partial charge in [0.1, 0.15) is 12.6 Å². The molecule has 0 unspecified atom stereocenters. The molecule has 1 N–H and O–H groups in total. The predicted molar refractivity (Wildman–Crippen MR) is 140 cm³/mol. The van der Waals surface area contributed by atoms with E-state index in [2.05, 4.69) is 21.2 Å². The van der Waals surface area contributed by atoms with Crippen LogP contribution >= 0.6 is 15.9 Å². The van der Waals surface area contributed by atoms with Crippen LogP contribution in [-0.4, -0.2) is 50.0 Å². The van der Waals surface area contributed by atoms with Crippen LogP contribution in [0.1, 0.15) is 43.9 Å². The SMILES string of the molecule is CC[C@@H](C)NC(=O)[C@H](C)N(Cc1ccc(Br)cc1)C(=O)CN(c1c(C)cccc1C)S(C)(=O)=O. The third-order valence-electron chi connectivity index (χ3n) is 5.80. The van der Waals surface area contributed by atoms with Crippen molar-refractivity contribution >= 4 is 43.5 Å². The van der Waals surface area contributed by atoms with Crippen molar-refractivity contribution in [1.29, 1.82) is 0 Å². The van der Waals surface area contributed by atoms with Crippen molar-refractivity contribution in [3.8, 4) is 0 Å². The Labute approximate surface area is 211 Å². The topological polar surface area (TPSA) is 86.8 Å². The normalized spacial score (nSPS) is 13.1. The van der Waals surface area contributed by atoms with Crippen LogP contribution in [-0.2, 0) is 26.2 Å². The first-order valence-corrected chi connectivity index (χ1v) is 13.9. The van der Waals surface area contributed by atoms with E-state index in [4.69, 9.17) is 0 Å². The summed E-state index contributed by atoms with van der Waals surface area (Å²) >= 11 is 3.40. The molecule has 0 bridgehead atoms. The second-order valence-electron chi connectivity index (χ2n) is 8.65. The van der Waals surface area contributed by atoms with Crippen LogP contribution in [0.5, 0.6) is 0 Å². The Morgan fingerprint density at radius 2 is 1.59 bits per heavy atom. The van der Waals surface area contributed by atoms with Crippen LogP contribution < -0.4 is 9.62 Å². The van der Waals surface area contributed by atoms with Gasteiger partial charge in [0.2, 0.25) is 21.8 Å². The Balaban J connectivity index is 2.43. The number of carbonyl (C=O) groups is 2. The fourth-order valence-electron chi connectivity index (χ4n) is 3.61. The molecule has 186 valence electrons. The highest BCUT2D eigenvalue weighted by Gasteiger charge is 2.31. The van der Waals surface area contributed by atoms with E-state index in [9.17, 15) is 18.0 Å². The molecule has 9 heteroatoms. The lowest BCUT2D eigenvalue weighted by atomic mass is 10.1. The molecule has 0 heterocycles. The van der Waals surface area contributed by atoms with Gasteiger partial charge in [0, 0.05) is 17.1 Å². The molecule has 0 radical (unpaired) electrons. The molecule has 34 heavy (non-hydrogen) atoms. The zero-order valence-corrected chi connectivity index (χ0v) is 23.0. The molecule has 0 fully saturated rings. The number of rotatable bonds is 10. The number of halogens is 1. The largest absolute Gasteiger partial charge is 0.352 e. The lowest BCUT2D eigenvalue weighted by Gasteiger charge is -2.32. The number of hydrogen-bond acceptors (Lipinski definition) is 4. The average molecular weight is 553 g/mol. The summed E-state index contributed by atoms with van der Waals surface area (Å²) in [7, 11) is -3.76. The van der Waals surface area contributed by atoms with E-state index < -0.39 is 28.5 Å². The fraction of sp³-hybridized carbons (Fsp3) is 0.440. The van der Waals surface area contributed by atoms with Gasteiger partial charge >= 0.3 is 0 Å². The molecule has 2 aromatic carbocycles. The molecule has 2 aromatic rings. The third kappa shape index (κ3) is 7.30. The van der Waals surface area contributed by atoms with Crippen LogP contribution in [0.25, 0.3) is 0 Å². The highest BCUT2D eigenvalue weighted by Crippen LogP contribution is 2.27. The second-order valence-corrected chi connectivity index (χ2v) is 11.5. The van der Waals surface area contributed by atoms with E-state index in [1.165, 1.54) is 4.90 Å². The molecule has 2 rings (SSSR count). The summed E-state index contributed by atoms with van der Waals surface area (Å²) in [6.45, 7) is 8.93. The summed E-state index contributed by atoms with van der Waals surface area (Å²) < 4.78 is 27.5. The monoisotopic (exact) mass is 551 g/mol. The van der Waals surface area contributed by atoms with Gasteiger partial charge in [-0.05, 0) is 62.9 Å². The molecule has 0 saturated heterocycles. The van der Waals surface area contributed by atoms with Crippen molar-refractivity contribution in [2.45, 2.75) is 59.7 Å². The quantitative estimate of drug-likeness (QED) is 0.480. The first kappa shape index (κ1) is 27.9. The van der Waals surface area contributed by atoms with Crippen molar-refractivity contribution in [2.75, 3.05) is 17.1 Å². The lowest BCUT2D eigenvalue weighted by molar-refractivity contribution is -0.139. The van der Waals surface area contributed by atoms with Crippen molar-refractivity contribution < 1.29 is 18.0 Å². The molecular weight excluding hydrogens is 518 g/mol. The Morgan fingerprint density at radius 1 is 1.03 bits per heavy atom. The van der Waals surface area contributed by atoms with Crippen molar-refractivity contribution in [2.24, 2.45) is 0 Å². The smallest absolute Gasteiger partial charge is 0.244 e. The van der Waals surface area contributed by atoms with E-state index >= 15 is 0 Å². The molecule has 0 saturated carbocycles. The summed E-state index contributed by atoms with van der Waals surface area (Å²) in [6.07, 6.45) is 1.85. The van der Waals surface area contributed by atoms with Crippen LogP contribution in [0.3, 0.4) is 0 Å². The van der Waals surface area contributed by atoms with Crippen molar-refractivity contribution in [1.82, 2.24) is 10.2 Å². The van der Waals surface area contributed by atoms with Gasteiger partial charge in [0.25, 0.3) is 0 Å². The molecular formula is C25H34BrN3O4S. The number of anilines is 1. The van der Waals surface area contributed by atoms with E-state index in [-0.39, 0.29) is 18.5 Å². The van der Waals surface area contributed by atoms with E-state index in [1.54, 1.807) is 6.92 Å². The number of sulfonamides is 1. The van der Waals surface area contributed by atoms with Crippen LogP contribution in [0.15, 0.2) is 46.9 Å². The Hall–Kier alpha value is -2.39. The van der Waals surface area contributed by atoms with E-state index in [1.807, 2.05) is 70.2 Å². The number of amides is 2. The maximum Gasteiger partial charge on any atom is 0.244 e. The van der Waals surface area contributed by atoms with Gasteiger partial charge in [-0.2, -0.15) is 0 Å². The average Bonchev–Trinajstić information content (AvgIpc) is 2.76. The standard InChI is InChI=1S/C25H34BrN3O4S/c1-7-19(4)27-25(31)20(5)28(15-21-11-13-22(26)14-12-21)23(30)16-29(34(6,32)33)24-17(2)9-8-10-18(24)3/h8-14,19-20H,7,15-16H2,1-6H3,(H,27,31)/t19-,20+/m1/s1. The Bertz CT molecular complexity index is 1100. The van der Waals surface area contributed by atoms with Crippen LogP contribution in [0.4, 0.5) is 5.69 Å². The number of carbonyl (C=O) groups excluding carboxylic acids is 2. The minimum Gasteiger partial charge on any atom is -0.352 e. The molecule has 2 amide bonds. The summed E-state index contributed by atoms with van der Waals surface area (Å²) in [5.74, 6) is -0.736. The number of benzene rings is 2. The summed E-state index contributed by atoms with van der Waals surface area (Å²) in [5.41, 5.74) is 2.82. The third-order valence-corrected chi connectivity index (χ3v) is 7.44. The van der Waals surface area contributed by atoms with E-state index in [0.29, 0.717) is 5.69 Å². The minimum atomic E-state index is -3.76. The molecule has 0 spiro atoms. The molecule has 0 aliphatic heterocycles.